The number of hydrogen-bond donors (Lipinski definition) is 1. The number of nitrogens with two attached hydrogens (primary N) is 1. The molecule has 0 radical (unpaired) electrons. The second-order valence-electron chi connectivity index (χ2n) is 3.84. The quantitative estimate of drug-likeness (QED) is 0.642. The molecule has 1 aliphatic rings. The van der Waals surface area contributed by atoms with E-state index in [0.29, 0.717) is 26.1 Å². The van der Waals surface area contributed by atoms with Crippen LogP contribution >= 0.6 is 0 Å². The molecule has 1 saturated heterocycles. The van der Waals surface area contributed by atoms with E-state index in [0.717, 1.165) is 0 Å². The summed E-state index contributed by atoms with van der Waals surface area (Å²) in [5.41, 5.74) is -0.442. The lowest BCUT2D eigenvalue weighted by Gasteiger charge is -2.26. The summed E-state index contributed by atoms with van der Waals surface area (Å²) >= 11 is 0. The highest BCUT2D eigenvalue weighted by Gasteiger charge is 2.30. The highest BCUT2D eigenvalue weighted by atomic mass is 32.2. The fourth-order valence-electron chi connectivity index (χ4n) is 1.36. The molecule has 78 valence electrons. The highest BCUT2D eigenvalue weighted by Crippen LogP contribution is 2.17. The number of ether oxygens (including phenoxy) is 1. The standard InChI is InChI=1S/C7H16N2O3S/c1-7(2)6-9(13(8,10)11)4-3-5-12-7/h3-6H2,1-2H3,(H2,8,10,11). The molecule has 0 atom stereocenters. The summed E-state index contributed by atoms with van der Waals surface area (Å²) in [6.45, 7) is 5.07. The monoisotopic (exact) mass is 208 g/mol. The van der Waals surface area contributed by atoms with Crippen LogP contribution in [0.3, 0.4) is 0 Å². The van der Waals surface area contributed by atoms with Crippen molar-refractivity contribution in [1.29, 1.82) is 0 Å². The van der Waals surface area contributed by atoms with Crippen LogP contribution in [0.5, 0.6) is 0 Å². The van der Waals surface area contributed by atoms with E-state index in [1.807, 2.05) is 13.8 Å². The Hall–Kier alpha value is -0.170. The van der Waals surface area contributed by atoms with Crippen LogP contribution < -0.4 is 5.14 Å². The Balaban J connectivity index is 2.77. The van der Waals surface area contributed by atoms with Gasteiger partial charge in [0.1, 0.15) is 0 Å². The zero-order chi connectivity index (χ0) is 10.1. The molecule has 0 bridgehead atoms. The third-order valence-electron chi connectivity index (χ3n) is 1.96. The average Bonchev–Trinajstić information content (AvgIpc) is 2.08. The van der Waals surface area contributed by atoms with Crippen LogP contribution in [-0.2, 0) is 14.9 Å². The van der Waals surface area contributed by atoms with Crippen molar-refractivity contribution in [1.82, 2.24) is 4.31 Å². The van der Waals surface area contributed by atoms with Gasteiger partial charge in [-0.25, -0.2) is 5.14 Å². The van der Waals surface area contributed by atoms with Gasteiger partial charge in [0.05, 0.1) is 5.60 Å². The van der Waals surface area contributed by atoms with Gasteiger partial charge in [0.15, 0.2) is 0 Å². The van der Waals surface area contributed by atoms with Crippen molar-refractivity contribution < 1.29 is 13.2 Å². The van der Waals surface area contributed by atoms with Crippen LogP contribution in [-0.4, -0.2) is 38.0 Å². The molecule has 0 aromatic rings. The molecular weight excluding hydrogens is 192 g/mol. The fourth-order valence-corrected chi connectivity index (χ4v) is 2.23. The lowest BCUT2D eigenvalue weighted by atomic mass is 10.1. The van der Waals surface area contributed by atoms with Crippen molar-refractivity contribution in [2.75, 3.05) is 19.7 Å². The summed E-state index contributed by atoms with van der Waals surface area (Å²) in [6, 6.07) is 0. The zero-order valence-corrected chi connectivity index (χ0v) is 8.80. The molecule has 0 amide bonds. The molecule has 0 aromatic heterocycles. The minimum absolute atomic E-state index is 0.325. The molecule has 13 heavy (non-hydrogen) atoms. The molecular formula is C7H16N2O3S. The molecule has 0 unspecified atom stereocenters. The predicted molar refractivity (Wildman–Crippen MR) is 49.3 cm³/mol. The topological polar surface area (TPSA) is 72.6 Å². The van der Waals surface area contributed by atoms with Gasteiger partial charge in [-0.15, -0.1) is 0 Å². The number of hydrogen-bond acceptors (Lipinski definition) is 3. The van der Waals surface area contributed by atoms with E-state index in [1.54, 1.807) is 0 Å². The normalized spacial score (nSPS) is 25.5. The van der Waals surface area contributed by atoms with Gasteiger partial charge in [0, 0.05) is 19.7 Å². The molecule has 1 rings (SSSR count). The Bertz CT molecular complexity index is 273. The summed E-state index contributed by atoms with van der Waals surface area (Å²) in [6.07, 6.45) is 0.694. The Kier molecular flexibility index (Phi) is 2.96. The van der Waals surface area contributed by atoms with E-state index in [9.17, 15) is 8.42 Å². The van der Waals surface area contributed by atoms with E-state index >= 15 is 0 Å². The molecule has 0 aromatic carbocycles. The molecule has 2 N–H and O–H groups in total. The summed E-state index contributed by atoms with van der Waals surface area (Å²) in [5, 5.41) is 5.04. The lowest BCUT2D eigenvalue weighted by Crippen LogP contribution is -2.44. The number of nitrogens with zero attached hydrogens (tertiary/aromatic N) is 1. The van der Waals surface area contributed by atoms with Crippen LogP contribution in [0, 0.1) is 0 Å². The molecule has 0 aliphatic carbocycles. The van der Waals surface area contributed by atoms with Crippen molar-refractivity contribution in [2.24, 2.45) is 5.14 Å². The number of rotatable bonds is 1. The first kappa shape index (κ1) is 10.9. The van der Waals surface area contributed by atoms with Gasteiger partial charge in [-0.3, -0.25) is 0 Å². The molecule has 0 saturated carbocycles. The van der Waals surface area contributed by atoms with E-state index < -0.39 is 15.8 Å². The van der Waals surface area contributed by atoms with Crippen molar-refractivity contribution in [3.8, 4) is 0 Å². The zero-order valence-electron chi connectivity index (χ0n) is 7.99. The maximum absolute atomic E-state index is 11.1. The van der Waals surface area contributed by atoms with Gasteiger partial charge in [-0.1, -0.05) is 0 Å². The molecule has 1 aliphatic heterocycles. The largest absolute Gasteiger partial charge is 0.374 e. The summed E-state index contributed by atoms with van der Waals surface area (Å²) in [4.78, 5) is 0. The Morgan fingerprint density at radius 1 is 1.46 bits per heavy atom. The molecule has 1 fully saturated rings. The minimum atomic E-state index is -3.57. The third-order valence-corrected chi connectivity index (χ3v) is 2.99. The maximum atomic E-state index is 11.1. The first-order valence-corrected chi connectivity index (χ1v) is 5.73. The second kappa shape index (κ2) is 3.53. The molecule has 0 spiro atoms. The van der Waals surface area contributed by atoms with Crippen LogP contribution in [0.4, 0.5) is 0 Å². The SMILES string of the molecule is CC1(C)CN(S(N)(=O)=O)CCCO1. The lowest BCUT2D eigenvalue weighted by molar-refractivity contribution is -0.0100. The van der Waals surface area contributed by atoms with Crippen LogP contribution in [0.1, 0.15) is 20.3 Å². The predicted octanol–water partition coefficient (Wildman–Crippen LogP) is -0.309. The summed E-state index contributed by atoms with van der Waals surface area (Å²) in [5.74, 6) is 0. The maximum Gasteiger partial charge on any atom is 0.276 e. The van der Waals surface area contributed by atoms with E-state index in [-0.39, 0.29) is 0 Å². The van der Waals surface area contributed by atoms with E-state index in [2.05, 4.69) is 0 Å². The van der Waals surface area contributed by atoms with Gasteiger partial charge >= 0.3 is 0 Å². The summed E-state index contributed by atoms with van der Waals surface area (Å²) in [7, 11) is -3.57. The van der Waals surface area contributed by atoms with Gasteiger partial charge in [0.25, 0.3) is 10.2 Å². The van der Waals surface area contributed by atoms with Crippen molar-refractivity contribution in [2.45, 2.75) is 25.9 Å². The van der Waals surface area contributed by atoms with Gasteiger partial charge in [-0.05, 0) is 20.3 Å². The first-order valence-electron chi connectivity index (χ1n) is 4.23. The van der Waals surface area contributed by atoms with Crippen molar-refractivity contribution >= 4 is 10.2 Å². The third kappa shape index (κ3) is 3.22. The molecule has 1 heterocycles. The van der Waals surface area contributed by atoms with Crippen LogP contribution in [0.25, 0.3) is 0 Å². The Labute approximate surface area is 79.0 Å². The van der Waals surface area contributed by atoms with Crippen molar-refractivity contribution in [3.63, 3.8) is 0 Å². The average molecular weight is 208 g/mol. The molecule has 5 nitrogen and oxygen atoms in total. The minimum Gasteiger partial charge on any atom is -0.374 e. The highest BCUT2D eigenvalue weighted by molar-refractivity contribution is 7.86. The van der Waals surface area contributed by atoms with Gasteiger partial charge < -0.3 is 4.74 Å². The van der Waals surface area contributed by atoms with E-state index in [4.69, 9.17) is 9.88 Å². The van der Waals surface area contributed by atoms with Crippen LogP contribution in [0.15, 0.2) is 0 Å². The second-order valence-corrected chi connectivity index (χ2v) is 5.39. The van der Waals surface area contributed by atoms with E-state index in [1.165, 1.54) is 4.31 Å². The van der Waals surface area contributed by atoms with Gasteiger partial charge in [-0.2, -0.15) is 12.7 Å². The smallest absolute Gasteiger partial charge is 0.276 e. The molecule has 6 heteroatoms. The van der Waals surface area contributed by atoms with Crippen molar-refractivity contribution in [3.05, 3.63) is 0 Å². The van der Waals surface area contributed by atoms with Gasteiger partial charge in [0.2, 0.25) is 0 Å². The Morgan fingerprint density at radius 3 is 2.62 bits per heavy atom. The van der Waals surface area contributed by atoms with Crippen LogP contribution in [0.2, 0.25) is 0 Å². The Morgan fingerprint density at radius 2 is 2.08 bits per heavy atom. The summed E-state index contributed by atoms with van der Waals surface area (Å²) < 4.78 is 28.9. The first-order chi connectivity index (χ1) is 5.81. The fraction of sp³-hybridized carbons (Fsp3) is 1.00.